The Labute approximate surface area is 107 Å². The molecule has 0 aliphatic carbocycles. The number of halogens is 1. The number of alkyl halides is 1. The van der Waals surface area contributed by atoms with Gasteiger partial charge in [0.05, 0.1) is 6.67 Å². The zero-order chi connectivity index (χ0) is 13.5. The van der Waals surface area contributed by atoms with Crippen molar-refractivity contribution in [2.24, 2.45) is 0 Å². The van der Waals surface area contributed by atoms with Crippen LogP contribution in [0.3, 0.4) is 0 Å². The van der Waals surface area contributed by atoms with E-state index in [-0.39, 0.29) is 6.67 Å². The Morgan fingerprint density at radius 3 is 2.72 bits per heavy atom. The van der Waals surface area contributed by atoms with E-state index >= 15 is 0 Å². The summed E-state index contributed by atoms with van der Waals surface area (Å²) in [6, 6.07) is 5.11. The third-order valence-electron chi connectivity index (χ3n) is 2.43. The maximum absolute atomic E-state index is 12.1. The van der Waals surface area contributed by atoms with E-state index in [1.54, 1.807) is 18.2 Å². The number of hydrogen-bond donors (Lipinski definition) is 2. The molecular weight excluding hydrogens is 234 g/mol. The first-order chi connectivity index (χ1) is 8.54. The first-order valence-corrected chi connectivity index (χ1v) is 5.86. The van der Waals surface area contributed by atoms with Gasteiger partial charge in [-0.2, -0.15) is 0 Å². The van der Waals surface area contributed by atoms with E-state index in [4.69, 9.17) is 4.74 Å². The fourth-order valence-corrected chi connectivity index (χ4v) is 1.56. The molecule has 1 aromatic carbocycles. The highest BCUT2D eigenvalue weighted by Crippen LogP contribution is 2.13. The molecule has 0 spiro atoms. The van der Waals surface area contributed by atoms with Gasteiger partial charge in [-0.3, -0.25) is 4.39 Å². The molecule has 0 heterocycles. The summed E-state index contributed by atoms with van der Waals surface area (Å²) in [5.41, 5.74) is 2.00. The third-order valence-corrected chi connectivity index (χ3v) is 2.43. The van der Waals surface area contributed by atoms with Crippen molar-refractivity contribution in [1.82, 2.24) is 0 Å². The van der Waals surface area contributed by atoms with Gasteiger partial charge in [-0.25, -0.2) is 0 Å². The van der Waals surface area contributed by atoms with Gasteiger partial charge in [-0.15, -0.1) is 0 Å². The Morgan fingerprint density at radius 1 is 1.44 bits per heavy atom. The summed E-state index contributed by atoms with van der Waals surface area (Å²) in [5.74, 6) is 0.414. The van der Waals surface area contributed by atoms with Gasteiger partial charge in [0.1, 0.15) is 12.4 Å². The molecule has 0 saturated heterocycles. The van der Waals surface area contributed by atoms with Crippen molar-refractivity contribution < 1.29 is 19.2 Å². The molecule has 18 heavy (non-hydrogen) atoms. The van der Waals surface area contributed by atoms with E-state index < -0.39 is 7.12 Å². The van der Waals surface area contributed by atoms with Gasteiger partial charge in [0.15, 0.2) is 0 Å². The second kappa shape index (κ2) is 7.19. The van der Waals surface area contributed by atoms with Crippen LogP contribution in [0.25, 0.3) is 0 Å². The fraction of sp³-hybridized carbons (Fsp3) is 0.385. The lowest BCUT2D eigenvalue weighted by Crippen LogP contribution is -2.32. The Kier molecular flexibility index (Phi) is 5.88. The van der Waals surface area contributed by atoms with Crippen LogP contribution in [-0.2, 0) is 6.42 Å². The summed E-state index contributed by atoms with van der Waals surface area (Å²) in [4.78, 5) is 0. The van der Waals surface area contributed by atoms with E-state index in [9.17, 15) is 14.4 Å². The van der Waals surface area contributed by atoms with Crippen molar-refractivity contribution in [3.63, 3.8) is 0 Å². The number of hydrogen-bond acceptors (Lipinski definition) is 3. The lowest BCUT2D eigenvalue weighted by molar-refractivity contribution is 0.351. The molecule has 0 radical (unpaired) electrons. The van der Waals surface area contributed by atoms with Crippen molar-refractivity contribution in [3.05, 3.63) is 35.9 Å². The van der Waals surface area contributed by atoms with Crippen LogP contribution in [0.5, 0.6) is 5.75 Å². The Balaban J connectivity index is 2.86. The molecule has 0 bridgehead atoms. The van der Waals surface area contributed by atoms with Crippen LogP contribution in [0, 0.1) is 0 Å². The zero-order valence-corrected chi connectivity index (χ0v) is 10.5. The molecular formula is C13H18BFO3. The smallest absolute Gasteiger partial charge is 0.490 e. The standard InChI is InChI=1S/C13H18BFO3/c1-10(2)9-18-13-6-5-11(4-3-7-15)8-12(13)14(16)17/h5-6,8,16-17H,1,3-4,7,9H2,2H3. The minimum Gasteiger partial charge on any atom is -0.490 e. The van der Waals surface area contributed by atoms with Crippen LogP contribution in [0.4, 0.5) is 4.39 Å². The van der Waals surface area contributed by atoms with Crippen LogP contribution in [0.2, 0.25) is 0 Å². The third kappa shape index (κ3) is 4.51. The van der Waals surface area contributed by atoms with E-state index in [1.165, 1.54) is 0 Å². The topological polar surface area (TPSA) is 49.7 Å². The molecule has 0 saturated carbocycles. The van der Waals surface area contributed by atoms with Gasteiger partial charge in [0.2, 0.25) is 0 Å². The highest BCUT2D eigenvalue weighted by atomic mass is 19.1. The molecule has 1 rings (SSSR count). The Hall–Kier alpha value is -1.33. The van der Waals surface area contributed by atoms with Gasteiger partial charge in [0.25, 0.3) is 0 Å². The normalized spacial score (nSPS) is 10.2. The van der Waals surface area contributed by atoms with Crippen molar-refractivity contribution in [1.29, 1.82) is 0 Å². The largest absolute Gasteiger partial charge is 0.492 e. The molecule has 2 N–H and O–H groups in total. The van der Waals surface area contributed by atoms with Crippen LogP contribution >= 0.6 is 0 Å². The first kappa shape index (κ1) is 14.7. The molecule has 0 aromatic heterocycles. The molecule has 0 amide bonds. The molecule has 0 fully saturated rings. The number of aryl methyl sites for hydroxylation is 1. The van der Waals surface area contributed by atoms with Crippen LogP contribution in [0.15, 0.2) is 30.4 Å². The average molecular weight is 252 g/mol. The molecule has 0 atom stereocenters. The number of rotatable bonds is 7. The predicted octanol–water partition coefficient (Wildman–Crippen LogP) is 1.22. The minimum absolute atomic E-state index is 0.299. The van der Waals surface area contributed by atoms with Crippen molar-refractivity contribution in [3.8, 4) is 5.75 Å². The molecule has 0 aliphatic rings. The van der Waals surface area contributed by atoms with Crippen LogP contribution in [-0.4, -0.2) is 30.4 Å². The Bertz CT molecular complexity index is 407. The monoisotopic (exact) mass is 252 g/mol. The van der Waals surface area contributed by atoms with E-state index in [2.05, 4.69) is 6.58 Å². The minimum atomic E-state index is -1.60. The lowest BCUT2D eigenvalue weighted by atomic mass is 9.78. The van der Waals surface area contributed by atoms with Gasteiger partial charge in [-0.05, 0) is 37.0 Å². The van der Waals surface area contributed by atoms with E-state index in [1.807, 2.05) is 6.92 Å². The van der Waals surface area contributed by atoms with E-state index in [0.717, 1.165) is 11.1 Å². The highest BCUT2D eigenvalue weighted by molar-refractivity contribution is 6.59. The van der Waals surface area contributed by atoms with Crippen molar-refractivity contribution >= 4 is 12.6 Å². The SMILES string of the molecule is C=C(C)COc1ccc(CCCF)cc1B(O)O. The first-order valence-electron chi connectivity index (χ1n) is 5.86. The Morgan fingerprint density at radius 2 is 2.17 bits per heavy atom. The zero-order valence-electron chi connectivity index (χ0n) is 10.5. The molecule has 5 heteroatoms. The summed E-state index contributed by atoms with van der Waals surface area (Å²) in [5, 5.41) is 18.6. The molecule has 0 unspecified atom stereocenters. The van der Waals surface area contributed by atoms with Crippen LogP contribution in [0.1, 0.15) is 18.9 Å². The maximum Gasteiger partial charge on any atom is 0.492 e. The predicted molar refractivity (Wildman–Crippen MR) is 70.9 cm³/mol. The lowest BCUT2D eigenvalue weighted by Gasteiger charge is -2.12. The summed E-state index contributed by atoms with van der Waals surface area (Å²) < 4.78 is 17.5. The maximum atomic E-state index is 12.1. The fourth-order valence-electron chi connectivity index (χ4n) is 1.56. The molecule has 98 valence electrons. The van der Waals surface area contributed by atoms with Crippen molar-refractivity contribution in [2.45, 2.75) is 19.8 Å². The van der Waals surface area contributed by atoms with Gasteiger partial charge < -0.3 is 14.8 Å². The number of benzene rings is 1. The highest BCUT2D eigenvalue weighted by Gasteiger charge is 2.17. The van der Waals surface area contributed by atoms with Gasteiger partial charge in [-0.1, -0.05) is 18.7 Å². The summed E-state index contributed by atoms with van der Waals surface area (Å²) in [6.45, 7) is 5.47. The van der Waals surface area contributed by atoms with Crippen molar-refractivity contribution in [2.75, 3.05) is 13.3 Å². The number of ether oxygens (including phenoxy) is 1. The summed E-state index contributed by atoms with van der Waals surface area (Å²) in [6.07, 6.45) is 0.990. The molecule has 0 aliphatic heterocycles. The second-order valence-corrected chi connectivity index (χ2v) is 4.28. The van der Waals surface area contributed by atoms with E-state index in [0.29, 0.717) is 30.7 Å². The quantitative estimate of drug-likeness (QED) is 0.566. The molecule has 1 aromatic rings. The summed E-state index contributed by atoms with van der Waals surface area (Å²) in [7, 11) is -1.60. The van der Waals surface area contributed by atoms with Crippen LogP contribution < -0.4 is 10.2 Å². The average Bonchev–Trinajstić information content (AvgIpc) is 2.34. The molecule has 3 nitrogen and oxygen atoms in total. The van der Waals surface area contributed by atoms with Gasteiger partial charge >= 0.3 is 7.12 Å². The summed E-state index contributed by atoms with van der Waals surface area (Å²) >= 11 is 0. The second-order valence-electron chi connectivity index (χ2n) is 4.28. The van der Waals surface area contributed by atoms with Gasteiger partial charge in [0, 0.05) is 5.46 Å².